The molecule has 19 heavy (non-hydrogen) atoms. The predicted octanol–water partition coefficient (Wildman–Crippen LogP) is 2.52. The van der Waals surface area contributed by atoms with Gasteiger partial charge >= 0.3 is 6.03 Å². The molecule has 0 unspecified atom stereocenters. The monoisotopic (exact) mass is 280 g/mol. The maximum absolute atomic E-state index is 11.7. The summed E-state index contributed by atoms with van der Waals surface area (Å²) in [7, 11) is 0. The zero-order chi connectivity index (χ0) is 14.3. The fourth-order valence-electron chi connectivity index (χ4n) is 1.47. The van der Waals surface area contributed by atoms with Gasteiger partial charge in [-0.25, -0.2) is 9.79 Å². The fourth-order valence-corrected chi connectivity index (χ4v) is 1.71. The van der Waals surface area contributed by atoms with Gasteiger partial charge in [0.1, 0.15) is 0 Å². The van der Waals surface area contributed by atoms with Crippen molar-refractivity contribution < 1.29 is 4.79 Å². The molecule has 1 rings (SSSR count). The lowest BCUT2D eigenvalue weighted by molar-refractivity contribution is 0.256. The Morgan fingerprint density at radius 2 is 2.32 bits per heavy atom. The Balaban J connectivity index is 2.75. The Morgan fingerprint density at radius 3 is 2.95 bits per heavy atom. The number of benzene rings is 1. The molecule has 1 aromatic rings. The van der Waals surface area contributed by atoms with Crippen LogP contribution in [0, 0.1) is 0 Å². The molecule has 0 fully saturated rings. The Morgan fingerprint density at radius 1 is 1.58 bits per heavy atom. The third-order valence-electron chi connectivity index (χ3n) is 2.35. The van der Waals surface area contributed by atoms with Crippen molar-refractivity contribution in [3.05, 3.63) is 41.4 Å². The van der Waals surface area contributed by atoms with E-state index in [0.717, 1.165) is 12.0 Å². The highest BCUT2D eigenvalue weighted by atomic mass is 35.5. The number of amides is 2. The predicted molar refractivity (Wildman–Crippen MR) is 79.7 cm³/mol. The molecule has 0 atom stereocenters. The van der Waals surface area contributed by atoms with E-state index in [4.69, 9.17) is 17.3 Å². The van der Waals surface area contributed by atoms with Crippen molar-refractivity contribution in [1.82, 2.24) is 5.32 Å². The lowest BCUT2D eigenvalue weighted by Gasteiger charge is -2.12. The number of aliphatic imine (C=N–C) groups is 1. The van der Waals surface area contributed by atoms with E-state index in [0.29, 0.717) is 17.3 Å². The number of hydrogen-bond donors (Lipinski definition) is 3. The Labute approximate surface area is 117 Å². The number of nitrogens with one attached hydrogen (secondary N) is 2. The molecule has 0 saturated heterocycles. The van der Waals surface area contributed by atoms with Crippen LogP contribution < -0.4 is 16.4 Å². The van der Waals surface area contributed by atoms with Gasteiger partial charge in [-0.05, 0) is 18.1 Å². The standard InChI is InChI=1S/C13H17ClN4O/c1-3-8-16-12(15)18-13(19)17-11-9(4-2)6-5-7-10(11)14/h3,5-7H,1,4,8H2,2H3,(H4,15,16,17,18,19). The second kappa shape index (κ2) is 7.43. The molecule has 0 bridgehead atoms. The first kappa shape index (κ1) is 15.0. The number of carbonyl (C=O) groups excluding carboxylic acids is 1. The van der Waals surface area contributed by atoms with Crippen molar-refractivity contribution in [3.8, 4) is 0 Å². The summed E-state index contributed by atoms with van der Waals surface area (Å²) in [5.74, 6) is 0.0301. The van der Waals surface area contributed by atoms with E-state index in [2.05, 4.69) is 22.2 Å². The van der Waals surface area contributed by atoms with Gasteiger partial charge in [0.15, 0.2) is 5.96 Å². The molecule has 4 N–H and O–H groups in total. The first-order valence-corrected chi connectivity index (χ1v) is 6.22. The lowest BCUT2D eigenvalue weighted by atomic mass is 10.1. The second-order valence-electron chi connectivity index (χ2n) is 3.72. The second-order valence-corrected chi connectivity index (χ2v) is 4.13. The molecule has 2 amide bonds. The van der Waals surface area contributed by atoms with Crippen LogP contribution in [0.15, 0.2) is 35.8 Å². The van der Waals surface area contributed by atoms with Gasteiger partial charge in [0, 0.05) is 0 Å². The molecule has 1 aromatic carbocycles. The summed E-state index contributed by atoms with van der Waals surface area (Å²) in [6.45, 7) is 5.83. The number of hydrogen-bond acceptors (Lipinski definition) is 2. The number of para-hydroxylation sites is 1. The van der Waals surface area contributed by atoms with Crippen molar-refractivity contribution in [3.63, 3.8) is 0 Å². The quantitative estimate of drug-likeness (QED) is 0.450. The molecule has 6 heteroatoms. The first-order chi connectivity index (χ1) is 9.08. The zero-order valence-electron chi connectivity index (χ0n) is 10.7. The van der Waals surface area contributed by atoms with E-state index in [1.165, 1.54) is 0 Å². The van der Waals surface area contributed by atoms with Crippen molar-refractivity contribution in [1.29, 1.82) is 0 Å². The smallest absolute Gasteiger partial charge is 0.326 e. The van der Waals surface area contributed by atoms with Gasteiger partial charge in [-0.3, -0.25) is 5.32 Å². The minimum atomic E-state index is -0.479. The van der Waals surface area contributed by atoms with Crippen molar-refractivity contribution >= 4 is 29.3 Å². The van der Waals surface area contributed by atoms with Crippen LogP contribution in [-0.2, 0) is 6.42 Å². The summed E-state index contributed by atoms with van der Waals surface area (Å²) < 4.78 is 0. The van der Waals surface area contributed by atoms with Gasteiger partial charge < -0.3 is 11.1 Å². The number of carbonyl (C=O) groups is 1. The van der Waals surface area contributed by atoms with Gasteiger partial charge in [0.25, 0.3) is 0 Å². The first-order valence-electron chi connectivity index (χ1n) is 5.84. The van der Waals surface area contributed by atoms with Crippen LogP contribution in [0.25, 0.3) is 0 Å². The molecule has 0 aliphatic carbocycles. The lowest BCUT2D eigenvalue weighted by Crippen LogP contribution is -2.39. The van der Waals surface area contributed by atoms with E-state index >= 15 is 0 Å². The Kier molecular flexibility index (Phi) is 5.89. The maximum Gasteiger partial charge on any atom is 0.326 e. The van der Waals surface area contributed by atoms with Crippen LogP contribution in [0.3, 0.4) is 0 Å². The summed E-state index contributed by atoms with van der Waals surface area (Å²) in [6, 6.07) is 4.97. The van der Waals surface area contributed by atoms with Crippen LogP contribution in [-0.4, -0.2) is 18.5 Å². The van der Waals surface area contributed by atoms with E-state index < -0.39 is 6.03 Å². The number of nitrogens with two attached hydrogens (primary N) is 1. The third-order valence-corrected chi connectivity index (χ3v) is 2.67. The number of guanidine groups is 1. The molecule has 0 spiro atoms. The summed E-state index contributed by atoms with van der Waals surface area (Å²) in [6.07, 6.45) is 2.34. The summed E-state index contributed by atoms with van der Waals surface area (Å²) in [5, 5.41) is 5.56. The number of urea groups is 1. The highest BCUT2D eigenvalue weighted by Gasteiger charge is 2.09. The third kappa shape index (κ3) is 4.63. The van der Waals surface area contributed by atoms with Gasteiger partial charge in [-0.2, -0.15) is 0 Å². The number of halogens is 1. The number of aryl methyl sites for hydroxylation is 1. The molecule has 0 aromatic heterocycles. The van der Waals surface area contributed by atoms with Crippen molar-refractivity contribution in [2.24, 2.45) is 10.7 Å². The van der Waals surface area contributed by atoms with Crippen LogP contribution >= 0.6 is 11.6 Å². The van der Waals surface area contributed by atoms with Gasteiger partial charge in [0.2, 0.25) is 0 Å². The summed E-state index contributed by atoms with van der Waals surface area (Å²) in [4.78, 5) is 15.6. The highest BCUT2D eigenvalue weighted by Crippen LogP contribution is 2.26. The van der Waals surface area contributed by atoms with Gasteiger partial charge in [0.05, 0.1) is 17.3 Å². The average Bonchev–Trinajstić information content (AvgIpc) is 2.38. The van der Waals surface area contributed by atoms with E-state index in [1.54, 1.807) is 12.1 Å². The molecule has 102 valence electrons. The van der Waals surface area contributed by atoms with Crippen LogP contribution in [0.1, 0.15) is 12.5 Å². The minimum Gasteiger partial charge on any atom is -0.370 e. The molecular weight excluding hydrogens is 264 g/mol. The van der Waals surface area contributed by atoms with Crippen molar-refractivity contribution in [2.75, 3.05) is 11.9 Å². The van der Waals surface area contributed by atoms with E-state index in [1.807, 2.05) is 19.1 Å². The number of rotatable bonds is 4. The fraction of sp³-hybridized carbons (Fsp3) is 0.231. The molecule has 0 aliphatic heterocycles. The van der Waals surface area contributed by atoms with Gasteiger partial charge in [-0.15, -0.1) is 6.58 Å². The van der Waals surface area contributed by atoms with Gasteiger partial charge in [-0.1, -0.05) is 36.7 Å². The van der Waals surface area contributed by atoms with Crippen LogP contribution in [0.2, 0.25) is 5.02 Å². The summed E-state index contributed by atoms with van der Waals surface area (Å²) >= 11 is 6.06. The Hall–Kier alpha value is -2.01. The molecule has 0 saturated carbocycles. The molecule has 0 heterocycles. The number of anilines is 1. The maximum atomic E-state index is 11.7. The van der Waals surface area contributed by atoms with Crippen LogP contribution in [0.4, 0.5) is 10.5 Å². The minimum absolute atomic E-state index is 0.0301. The SMILES string of the molecule is C=CCN=C(N)NC(=O)Nc1c(Cl)cccc1CC. The molecule has 5 nitrogen and oxygen atoms in total. The molecule has 0 radical (unpaired) electrons. The zero-order valence-corrected chi connectivity index (χ0v) is 11.5. The average molecular weight is 281 g/mol. The highest BCUT2D eigenvalue weighted by molar-refractivity contribution is 6.34. The molecular formula is C13H17ClN4O. The van der Waals surface area contributed by atoms with E-state index in [9.17, 15) is 4.79 Å². The normalized spacial score (nSPS) is 10.9. The van der Waals surface area contributed by atoms with Crippen molar-refractivity contribution in [2.45, 2.75) is 13.3 Å². The topological polar surface area (TPSA) is 79.5 Å². The number of nitrogens with zero attached hydrogens (tertiary/aromatic N) is 1. The molecule has 0 aliphatic rings. The largest absolute Gasteiger partial charge is 0.370 e. The van der Waals surface area contributed by atoms with E-state index in [-0.39, 0.29) is 5.96 Å². The summed E-state index contributed by atoms with van der Waals surface area (Å²) in [5.41, 5.74) is 7.05. The Bertz CT molecular complexity index is 499. The van der Waals surface area contributed by atoms with Crippen LogP contribution in [0.5, 0.6) is 0 Å².